The molecule has 7 nitrogen and oxygen atoms in total. The summed E-state index contributed by atoms with van der Waals surface area (Å²) in [5.41, 5.74) is -0.388. The number of hydrogen-bond donors (Lipinski definition) is 3. The molecule has 8 heteroatoms. The molecule has 1 aromatic heterocycles. The Kier molecular flexibility index (Phi) is 4.74. The van der Waals surface area contributed by atoms with Crippen LogP contribution < -0.4 is 5.32 Å². The van der Waals surface area contributed by atoms with E-state index in [4.69, 9.17) is 5.41 Å². The van der Waals surface area contributed by atoms with Gasteiger partial charge in [0, 0.05) is 7.05 Å². The molecule has 0 spiro atoms. The molecule has 19 heavy (non-hydrogen) atoms. The minimum atomic E-state index is -0.825. The number of rotatable bonds is 4. The van der Waals surface area contributed by atoms with E-state index in [0.29, 0.717) is 6.42 Å². The number of H-pyrrole nitrogens is 1. The van der Waals surface area contributed by atoms with E-state index < -0.39 is 23.7 Å². The van der Waals surface area contributed by atoms with Crippen molar-refractivity contribution in [3.05, 3.63) is 17.7 Å². The van der Waals surface area contributed by atoms with Crippen LogP contribution in [-0.4, -0.2) is 45.8 Å². The van der Waals surface area contributed by atoms with Crippen LogP contribution in [0.3, 0.4) is 0 Å². The van der Waals surface area contributed by atoms with Crippen molar-refractivity contribution in [3.63, 3.8) is 0 Å². The minimum Gasteiger partial charge on any atom is -0.339 e. The van der Waals surface area contributed by atoms with Crippen LogP contribution in [0.2, 0.25) is 0 Å². The van der Waals surface area contributed by atoms with Gasteiger partial charge in [0.15, 0.2) is 11.5 Å². The van der Waals surface area contributed by atoms with E-state index in [1.165, 1.54) is 14.0 Å². The first-order valence-electron chi connectivity index (χ1n) is 5.71. The zero-order chi connectivity index (χ0) is 14.6. The minimum absolute atomic E-state index is 0.0589. The van der Waals surface area contributed by atoms with Crippen LogP contribution in [0, 0.1) is 11.2 Å². The van der Waals surface area contributed by atoms with Gasteiger partial charge in [-0.15, -0.1) is 0 Å². The maximum absolute atomic E-state index is 13.2. The van der Waals surface area contributed by atoms with Crippen molar-refractivity contribution in [1.29, 1.82) is 5.41 Å². The highest BCUT2D eigenvalue weighted by Crippen LogP contribution is 2.04. The summed E-state index contributed by atoms with van der Waals surface area (Å²) < 4.78 is 13.2. The molecule has 0 radical (unpaired) electrons. The standard InChI is InChI=1S/C11H16FN5O2/c1-4-8(11(19)17(3)6(2)13)15-10(18)9-7(12)5-14-16-9/h5,8,13H,4H2,1-3H3,(H,14,16)(H,15,18)/t8-/m0/s1. The zero-order valence-corrected chi connectivity index (χ0v) is 11.0. The van der Waals surface area contributed by atoms with Gasteiger partial charge in [-0.1, -0.05) is 6.92 Å². The number of hydrogen-bond acceptors (Lipinski definition) is 4. The first-order valence-corrected chi connectivity index (χ1v) is 5.71. The van der Waals surface area contributed by atoms with Crippen molar-refractivity contribution in [1.82, 2.24) is 20.4 Å². The van der Waals surface area contributed by atoms with Crippen molar-refractivity contribution in [2.45, 2.75) is 26.3 Å². The van der Waals surface area contributed by atoms with Gasteiger partial charge in [0.25, 0.3) is 5.91 Å². The van der Waals surface area contributed by atoms with Gasteiger partial charge < -0.3 is 10.2 Å². The van der Waals surface area contributed by atoms with Crippen LogP contribution in [0.25, 0.3) is 0 Å². The topological polar surface area (TPSA) is 102 Å². The highest BCUT2D eigenvalue weighted by atomic mass is 19.1. The van der Waals surface area contributed by atoms with E-state index in [-0.39, 0.29) is 11.5 Å². The second-order valence-corrected chi connectivity index (χ2v) is 4.00. The number of amidine groups is 1. The number of halogens is 1. The molecule has 0 aromatic carbocycles. The Morgan fingerprint density at radius 2 is 2.26 bits per heavy atom. The lowest BCUT2D eigenvalue weighted by Crippen LogP contribution is -2.48. The second-order valence-electron chi connectivity index (χ2n) is 4.00. The summed E-state index contributed by atoms with van der Waals surface area (Å²) in [6, 6.07) is -0.825. The number of likely N-dealkylation sites (N-methyl/N-ethyl adjacent to an activating group) is 1. The molecule has 0 aliphatic rings. The molecule has 1 atom stereocenters. The molecule has 0 saturated carbocycles. The van der Waals surface area contributed by atoms with Crippen LogP contribution in [0.1, 0.15) is 30.8 Å². The second kappa shape index (κ2) is 6.07. The summed E-state index contributed by atoms with van der Waals surface area (Å²) in [5, 5.41) is 15.5. The fourth-order valence-corrected chi connectivity index (χ4v) is 1.40. The maximum Gasteiger partial charge on any atom is 0.275 e. The number of carbonyl (C=O) groups is 2. The van der Waals surface area contributed by atoms with Gasteiger partial charge in [-0.3, -0.25) is 20.1 Å². The van der Waals surface area contributed by atoms with E-state index in [9.17, 15) is 14.0 Å². The van der Waals surface area contributed by atoms with Crippen LogP contribution in [0.5, 0.6) is 0 Å². The normalized spacial score (nSPS) is 11.8. The Morgan fingerprint density at radius 3 is 2.68 bits per heavy atom. The summed E-state index contributed by atoms with van der Waals surface area (Å²) in [6.07, 6.45) is 1.28. The highest BCUT2D eigenvalue weighted by molar-refractivity contribution is 6.01. The Hall–Kier alpha value is -2.25. The number of aromatic nitrogens is 2. The molecule has 1 rings (SSSR count). The van der Waals surface area contributed by atoms with Gasteiger partial charge in [-0.05, 0) is 13.3 Å². The molecule has 0 aliphatic carbocycles. The van der Waals surface area contributed by atoms with Crippen molar-refractivity contribution < 1.29 is 14.0 Å². The van der Waals surface area contributed by atoms with E-state index in [0.717, 1.165) is 11.1 Å². The Labute approximate surface area is 109 Å². The molecule has 0 unspecified atom stereocenters. The van der Waals surface area contributed by atoms with Crippen molar-refractivity contribution >= 4 is 17.6 Å². The largest absolute Gasteiger partial charge is 0.339 e. The fraction of sp³-hybridized carbons (Fsp3) is 0.455. The van der Waals surface area contributed by atoms with Crippen molar-refractivity contribution in [3.8, 4) is 0 Å². The monoisotopic (exact) mass is 269 g/mol. The van der Waals surface area contributed by atoms with Crippen LogP contribution in [0.4, 0.5) is 4.39 Å². The predicted molar refractivity (Wildman–Crippen MR) is 66.3 cm³/mol. The molecule has 0 fully saturated rings. The number of nitrogens with zero attached hydrogens (tertiary/aromatic N) is 2. The van der Waals surface area contributed by atoms with Gasteiger partial charge in [0.05, 0.1) is 12.0 Å². The lowest BCUT2D eigenvalue weighted by Gasteiger charge is -2.22. The Balaban J connectivity index is 2.78. The number of carbonyl (C=O) groups excluding carboxylic acids is 2. The number of aromatic amines is 1. The van der Waals surface area contributed by atoms with E-state index in [2.05, 4.69) is 15.5 Å². The quantitative estimate of drug-likeness (QED) is 0.548. The van der Waals surface area contributed by atoms with E-state index >= 15 is 0 Å². The number of amides is 2. The van der Waals surface area contributed by atoms with Crippen LogP contribution in [-0.2, 0) is 4.79 Å². The van der Waals surface area contributed by atoms with Crippen LogP contribution in [0.15, 0.2) is 6.20 Å². The van der Waals surface area contributed by atoms with Crippen LogP contribution >= 0.6 is 0 Å². The molecule has 0 bridgehead atoms. The molecule has 104 valence electrons. The molecule has 0 saturated heterocycles. The van der Waals surface area contributed by atoms with Crippen molar-refractivity contribution in [2.75, 3.05) is 7.05 Å². The first kappa shape index (κ1) is 14.8. The van der Waals surface area contributed by atoms with Crippen molar-refractivity contribution in [2.24, 2.45) is 0 Å². The molecule has 0 aliphatic heterocycles. The SMILES string of the molecule is CC[C@H](NC(=O)c1n[nH]cc1F)C(=O)N(C)C(C)=N. The molecule has 1 heterocycles. The van der Waals surface area contributed by atoms with Gasteiger partial charge in [0.1, 0.15) is 6.04 Å². The Morgan fingerprint density at radius 1 is 1.63 bits per heavy atom. The molecular formula is C11H16FN5O2. The molecule has 2 amide bonds. The van der Waals surface area contributed by atoms with Gasteiger partial charge in [-0.2, -0.15) is 5.10 Å². The zero-order valence-electron chi connectivity index (χ0n) is 11.0. The molecular weight excluding hydrogens is 253 g/mol. The third kappa shape index (κ3) is 3.36. The summed E-state index contributed by atoms with van der Waals surface area (Å²) in [4.78, 5) is 24.8. The van der Waals surface area contributed by atoms with E-state index in [1.54, 1.807) is 6.92 Å². The lowest BCUT2D eigenvalue weighted by atomic mass is 10.2. The van der Waals surface area contributed by atoms with E-state index in [1.807, 2.05) is 0 Å². The first-order chi connectivity index (χ1) is 8.88. The predicted octanol–water partition coefficient (Wildman–Crippen LogP) is 0.513. The Bertz CT molecular complexity index is 499. The summed E-state index contributed by atoms with van der Waals surface area (Å²) >= 11 is 0. The summed E-state index contributed by atoms with van der Waals surface area (Å²) in [7, 11) is 1.44. The van der Waals surface area contributed by atoms with Gasteiger partial charge >= 0.3 is 0 Å². The average Bonchev–Trinajstić information content (AvgIpc) is 2.80. The summed E-state index contributed by atoms with van der Waals surface area (Å²) in [6.45, 7) is 3.16. The third-order valence-corrected chi connectivity index (χ3v) is 2.65. The smallest absolute Gasteiger partial charge is 0.275 e. The summed E-state index contributed by atoms with van der Waals surface area (Å²) in [5.74, 6) is -1.92. The van der Waals surface area contributed by atoms with Gasteiger partial charge in [0.2, 0.25) is 5.91 Å². The third-order valence-electron chi connectivity index (χ3n) is 2.65. The molecule has 3 N–H and O–H groups in total. The lowest BCUT2D eigenvalue weighted by molar-refractivity contribution is -0.128. The van der Waals surface area contributed by atoms with Gasteiger partial charge in [-0.25, -0.2) is 4.39 Å². The number of nitrogens with one attached hydrogen (secondary N) is 3. The molecule has 1 aromatic rings. The highest BCUT2D eigenvalue weighted by Gasteiger charge is 2.25. The fourth-order valence-electron chi connectivity index (χ4n) is 1.40. The maximum atomic E-state index is 13.2. The average molecular weight is 269 g/mol.